The summed E-state index contributed by atoms with van der Waals surface area (Å²) in [5.41, 5.74) is 15.2. The lowest BCUT2D eigenvalue weighted by Crippen LogP contribution is -2.32. The number of anilines is 1. The predicted octanol–water partition coefficient (Wildman–Crippen LogP) is 3.62. The zero-order valence-electron chi connectivity index (χ0n) is 17.9. The van der Waals surface area contributed by atoms with Gasteiger partial charge < -0.3 is 21.5 Å². The van der Waals surface area contributed by atoms with Crippen LogP contribution in [0.4, 0.5) is 11.4 Å². The molecular formula is C24H30N4O3. The first-order chi connectivity index (χ1) is 14.9. The Balaban J connectivity index is 1.85. The maximum atomic E-state index is 13.4. The van der Waals surface area contributed by atoms with Gasteiger partial charge in [-0.25, -0.2) is 4.99 Å². The summed E-state index contributed by atoms with van der Waals surface area (Å²) in [5.74, 6) is -0.724. The first-order valence-corrected chi connectivity index (χ1v) is 10.7. The Morgan fingerprint density at radius 1 is 1.13 bits per heavy atom. The zero-order chi connectivity index (χ0) is 22.4. The number of nitrogens with two attached hydrogens (primary N) is 2. The van der Waals surface area contributed by atoms with E-state index in [9.17, 15) is 9.59 Å². The largest absolute Gasteiger partial charge is 0.481 e. The standard InChI is InChI=1S/C24H30N4O3/c1-2-3-12-28(21-10-8-20(9-11-21)27-24(25)26)23(31)18-7-6-17-5-4-16(14-22(29)30)13-19(17)15-18/h6-11,15-16H,2-5,12-14H2,1H3,(H,29,30)(H4,25,26,27). The van der Waals surface area contributed by atoms with E-state index in [0.29, 0.717) is 24.2 Å². The second kappa shape index (κ2) is 10.1. The maximum absolute atomic E-state index is 13.4. The number of amides is 1. The molecule has 0 saturated heterocycles. The molecule has 0 heterocycles. The summed E-state index contributed by atoms with van der Waals surface area (Å²) >= 11 is 0. The Bertz CT molecular complexity index is 965. The number of unbranched alkanes of at least 4 members (excludes halogenated alkanes) is 1. The van der Waals surface area contributed by atoms with Gasteiger partial charge in [-0.3, -0.25) is 9.59 Å². The van der Waals surface area contributed by atoms with E-state index < -0.39 is 5.97 Å². The number of guanidine groups is 1. The van der Waals surface area contributed by atoms with Crippen LogP contribution < -0.4 is 16.4 Å². The van der Waals surface area contributed by atoms with Crippen molar-refractivity contribution in [1.82, 2.24) is 0 Å². The Morgan fingerprint density at radius 3 is 2.52 bits per heavy atom. The summed E-state index contributed by atoms with van der Waals surface area (Å²) < 4.78 is 0. The lowest BCUT2D eigenvalue weighted by atomic mass is 9.81. The first kappa shape index (κ1) is 22.3. The highest BCUT2D eigenvalue weighted by molar-refractivity contribution is 6.06. The number of carbonyl (C=O) groups excluding carboxylic acids is 1. The third-order valence-corrected chi connectivity index (χ3v) is 5.65. The van der Waals surface area contributed by atoms with Gasteiger partial charge in [0.05, 0.1) is 5.69 Å². The number of aliphatic imine (C=N–C) groups is 1. The molecule has 5 N–H and O–H groups in total. The Hall–Kier alpha value is -3.35. The molecule has 0 bridgehead atoms. The average Bonchev–Trinajstić information content (AvgIpc) is 2.73. The van der Waals surface area contributed by atoms with Crippen LogP contribution in [0.5, 0.6) is 0 Å². The number of carboxylic acid groups (broad SMARTS) is 1. The van der Waals surface area contributed by atoms with E-state index in [1.165, 1.54) is 5.56 Å². The molecule has 0 fully saturated rings. The van der Waals surface area contributed by atoms with Gasteiger partial charge in [-0.05, 0) is 79.1 Å². The molecule has 3 rings (SSSR count). The van der Waals surface area contributed by atoms with Gasteiger partial charge in [0.2, 0.25) is 0 Å². The topological polar surface area (TPSA) is 122 Å². The average molecular weight is 423 g/mol. The minimum Gasteiger partial charge on any atom is -0.481 e. The summed E-state index contributed by atoms with van der Waals surface area (Å²) in [5, 5.41) is 9.12. The van der Waals surface area contributed by atoms with Gasteiger partial charge in [-0.2, -0.15) is 0 Å². The Labute approximate surface area is 182 Å². The van der Waals surface area contributed by atoms with Gasteiger partial charge in [0.1, 0.15) is 0 Å². The van der Waals surface area contributed by atoms with Crippen LogP contribution in [0.1, 0.15) is 54.1 Å². The molecule has 0 aliphatic heterocycles. The zero-order valence-corrected chi connectivity index (χ0v) is 17.9. The van der Waals surface area contributed by atoms with Gasteiger partial charge in [0.15, 0.2) is 5.96 Å². The molecule has 2 aromatic rings. The lowest BCUT2D eigenvalue weighted by Gasteiger charge is -2.26. The molecular weight excluding hydrogens is 392 g/mol. The highest BCUT2D eigenvalue weighted by atomic mass is 16.4. The van der Waals surface area contributed by atoms with Gasteiger partial charge in [-0.1, -0.05) is 19.4 Å². The summed E-state index contributed by atoms with van der Waals surface area (Å²) in [7, 11) is 0. The van der Waals surface area contributed by atoms with Crippen LogP contribution in [-0.4, -0.2) is 29.5 Å². The molecule has 7 heteroatoms. The molecule has 0 aromatic heterocycles. The van der Waals surface area contributed by atoms with Crippen molar-refractivity contribution < 1.29 is 14.7 Å². The monoisotopic (exact) mass is 422 g/mol. The van der Waals surface area contributed by atoms with Gasteiger partial charge >= 0.3 is 5.97 Å². The van der Waals surface area contributed by atoms with Gasteiger partial charge in [0, 0.05) is 24.2 Å². The number of aliphatic carboxylic acids is 1. The fraction of sp³-hybridized carbons (Fsp3) is 0.375. The van der Waals surface area contributed by atoms with Crippen LogP contribution >= 0.6 is 0 Å². The van der Waals surface area contributed by atoms with E-state index in [1.54, 1.807) is 17.0 Å². The minimum absolute atomic E-state index is 0.0121. The first-order valence-electron chi connectivity index (χ1n) is 10.7. The predicted molar refractivity (Wildman–Crippen MR) is 123 cm³/mol. The second-order valence-corrected chi connectivity index (χ2v) is 8.05. The fourth-order valence-corrected chi connectivity index (χ4v) is 4.06. The maximum Gasteiger partial charge on any atom is 0.303 e. The number of carboxylic acids is 1. The summed E-state index contributed by atoms with van der Waals surface area (Å²) in [6, 6.07) is 13.1. The van der Waals surface area contributed by atoms with E-state index in [1.807, 2.05) is 30.3 Å². The number of aryl methyl sites for hydroxylation is 1. The van der Waals surface area contributed by atoms with Crippen molar-refractivity contribution in [2.45, 2.75) is 45.4 Å². The molecule has 1 aliphatic carbocycles. The molecule has 1 atom stereocenters. The molecule has 0 spiro atoms. The smallest absolute Gasteiger partial charge is 0.303 e. The minimum atomic E-state index is -0.768. The lowest BCUT2D eigenvalue weighted by molar-refractivity contribution is -0.138. The van der Waals surface area contributed by atoms with Crippen molar-refractivity contribution in [2.75, 3.05) is 11.4 Å². The van der Waals surface area contributed by atoms with Crippen molar-refractivity contribution in [3.8, 4) is 0 Å². The van der Waals surface area contributed by atoms with E-state index in [-0.39, 0.29) is 24.2 Å². The van der Waals surface area contributed by atoms with Crippen LogP contribution in [0.2, 0.25) is 0 Å². The summed E-state index contributed by atoms with van der Waals surface area (Å²) in [6.45, 7) is 2.70. The second-order valence-electron chi connectivity index (χ2n) is 8.05. The molecule has 0 saturated carbocycles. The van der Waals surface area contributed by atoms with E-state index >= 15 is 0 Å². The van der Waals surface area contributed by atoms with Crippen molar-refractivity contribution in [3.63, 3.8) is 0 Å². The van der Waals surface area contributed by atoms with Gasteiger partial charge in [0.25, 0.3) is 5.91 Å². The van der Waals surface area contributed by atoms with E-state index in [4.69, 9.17) is 16.6 Å². The number of rotatable bonds is 8. The number of hydrogen-bond donors (Lipinski definition) is 3. The number of fused-ring (bicyclic) bond motifs is 1. The molecule has 1 unspecified atom stereocenters. The van der Waals surface area contributed by atoms with Crippen LogP contribution in [0.25, 0.3) is 0 Å². The molecule has 31 heavy (non-hydrogen) atoms. The third-order valence-electron chi connectivity index (χ3n) is 5.65. The molecule has 0 radical (unpaired) electrons. The number of hydrogen-bond acceptors (Lipinski definition) is 3. The van der Waals surface area contributed by atoms with Crippen LogP contribution in [0.15, 0.2) is 47.5 Å². The van der Waals surface area contributed by atoms with Crippen LogP contribution in [0, 0.1) is 5.92 Å². The third kappa shape index (κ3) is 5.84. The van der Waals surface area contributed by atoms with Crippen LogP contribution in [-0.2, 0) is 17.6 Å². The fourth-order valence-electron chi connectivity index (χ4n) is 4.06. The normalized spacial score (nSPS) is 15.1. The summed E-state index contributed by atoms with van der Waals surface area (Å²) in [4.78, 5) is 30.3. The number of nitrogens with zero attached hydrogens (tertiary/aromatic N) is 2. The highest BCUT2D eigenvalue weighted by Crippen LogP contribution is 2.29. The van der Waals surface area contributed by atoms with Crippen molar-refractivity contribution in [3.05, 3.63) is 59.2 Å². The van der Waals surface area contributed by atoms with Crippen molar-refractivity contribution >= 4 is 29.2 Å². The molecule has 2 aromatic carbocycles. The quantitative estimate of drug-likeness (QED) is 0.443. The number of carbonyl (C=O) groups is 2. The van der Waals surface area contributed by atoms with Crippen molar-refractivity contribution in [2.24, 2.45) is 22.4 Å². The van der Waals surface area contributed by atoms with E-state index in [2.05, 4.69) is 11.9 Å². The Kier molecular flexibility index (Phi) is 7.28. The SMILES string of the molecule is CCCCN(C(=O)c1ccc2c(c1)CC(CC(=O)O)CC2)c1ccc(N=C(N)N)cc1. The van der Waals surface area contributed by atoms with Crippen molar-refractivity contribution in [1.29, 1.82) is 0 Å². The summed E-state index contributed by atoms with van der Waals surface area (Å²) in [6.07, 6.45) is 4.45. The van der Waals surface area contributed by atoms with E-state index in [0.717, 1.165) is 36.9 Å². The molecule has 1 amide bonds. The number of benzene rings is 2. The molecule has 7 nitrogen and oxygen atoms in total. The molecule has 164 valence electrons. The highest BCUT2D eigenvalue weighted by Gasteiger charge is 2.23. The Morgan fingerprint density at radius 2 is 1.87 bits per heavy atom. The molecule has 1 aliphatic rings. The van der Waals surface area contributed by atoms with Gasteiger partial charge in [-0.15, -0.1) is 0 Å². The van der Waals surface area contributed by atoms with Crippen LogP contribution in [0.3, 0.4) is 0 Å².